The van der Waals surface area contributed by atoms with Crippen LogP contribution in [0.2, 0.25) is 0 Å². The number of pyridine rings is 3. The number of H-pyrrole nitrogens is 2. The second-order valence-corrected chi connectivity index (χ2v) is 10.3. The summed E-state index contributed by atoms with van der Waals surface area (Å²) in [6.07, 6.45) is 11.5. The zero-order chi connectivity index (χ0) is 26.9. The smallest absolute Gasteiger partial charge is 0.224 e. The van der Waals surface area contributed by atoms with Gasteiger partial charge in [-0.05, 0) is 79.4 Å². The van der Waals surface area contributed by atoms with E-state index in [1.165, 1.54) is 0 Å². The number of amides is 1. The molecule has 0 spiro atoms. The van der Waals surface area contributed by atoms with E-state index in [4.69, 9.17) is 0 Å². The summed E-state index contributed by atoms with van der Waals surface area (Å²) in [5.41, 5.74) is 8.11. The number of aromatic nitrogens is 6. The van der Waals surface area contributed by atoms with E-state index in [0.29, 0.717) is 23.7 Å². The Balaban J connectivity index is 1.19. The van der Waals surface area contributed by atoms with Crippen molar-refractivity contribution in [3.8, 4) is 33.6 Å². The predicted molar refractivity (Wildman–Crippen MR) is 156 cm³/mol. The molecule has 0 aliphatic carbocycles. The second kappa shape index (κ2) is 10.3. The van der Waals surface area contributed by atoms with Crippen molar-refractivity contribution in [1.29, 1.82) is 0 Å². The molecule has 1 amide bonds. The van der Waals surface area contributed by atoms with E-state index in [-0.39, 0.29) is 5.91 Å². The minimum absolute atomic E-state index is 0.0292. The number of anilines is 1. The number of fused-ring (bicyclic) bond motifs is 2. The van der Waals surface area contributed by atoms with Crippen molar-refractivity contribution in [3.63, 3.8) is 0 Å². The summed E-state index contributed by atoms with van der Waals surface area (Å²) in [4.78, 5) is 29.4. The Morgan fingerprint density at radius 3 is 2.62 bits per heavy atom. The number of rotatable bonds is 6. The van der Waals surface area contributed by atoms with Gasteiger partial charge >= 0.3 is 0 Å². The Hall–Kier alpha value is -4.89. The molecule has 1 fully saturated rings. The first-order valence-electron chi connectivity index (χ1n) is 13.5. The van der Waals surface area contributed by atoms with Crippen LogP contribution in [0.3, 0.4) is 0 Å². The molecule has 1 aromatic carbocycles. The summed E-state index contributed by atoms with van der Waals surface area (Å²) in [6.45, 7) is 1.95. The number of benzene rings is 1. The normalized spacial score (nSPS) is 14.1. The topological polar surface area (TPSA) is 124 Å². The Morgan fingerprint density at radius 1 is 0.900 bits per heavy atom. The van der Waals surface area contributed by atoms with Crippen molar-refractivity contribution in [2.24, 2.45) is 5.92 Å². The monoisotopic (exact) mass is 528 g/mol. The number of nitrogens with one attached hydrogen (secondary N) is 4. The second-order valence-electron chi connectivity index (χ2n) is 10.3. The lowest BCUT2D eigenvalue weighted by Crippen LogP contribution is -2.30. The fourth-order valence-corrected chi connectivity index (χ4v) is 5.56. The summed E-state index contributed by atoms with van der Waals surface area (Å²) in [6, 6.07) is 16.4. The van der Waals surface area contributed by atoms with Crippen LogP contribution in [0, 0.1) is 5.92 Å². The van der Waals surface area contributed by atoms with Crippen LogP contribution in [0.5, 0.6) is 0 Å². The van der Waals surface area contributed by atoms with Gasteiger partial charge in [0.25, 0.3) is 0 Å². The molecular formula is C31H28N8O. The van der Waals surface area contributed by atoms with Crippen LogP contribution in [-0.2, 0) is 4.79 Å². The fourth-order valence-electron chi connectivity index (χ4n) is 5.56. The van der Waals surface area contributed by atoms with Gasteiger partial charge in [0.05, 0.1) is 17.6 Å². The highest BCUT2D eigenvalue weighted by Gasteiger charge is 2.18. The van der Waals surface area contributed by atoms with Crippen LogP contribution in [0.15, 0.2) is 79.5 Å². The standard InChI is InChI=1S/C31H28N8O/c40-29(12-19-4-8-32-9-5-19)36-23-13-21(16-34-18-23)22-14-26-30(38-39-31(26)35-17-22)28-15-25-24(2-1-3-27(25)37-28)20-6-10-33-11-7-20/h1-3,6-7,10-11,13-19,32,37H,4-5,8-9,12H2,(H,36,40)(H,35,38,39). The van der Waals surface area contributed by atoms with Crippen LogP contribution in [0.1, 0.15) is 19.3 Å². The first-order chi connectivity index (χ1) is 19.7. The molecule has 6 aromatic rings. The van der Waals surface area contributed by atoms with Crippen LogP contribution < -0.4 is 10.6 Å². The molecule has 1 saturated heterocycles. The average molecular weight is 529 g/mol. The van der Waals surface area contributed by atoms with E-state index in [1.54, 1.807) is 31.0 Å². The molecule has 1 aliphatic heterocycles. The number of aromatic amines is 2. The van der Waals surface area contributed by atoms with Crippen molar-refractivity contribution >= 4 is 33.5 Å². The SMILES string of the molecule is O=C(CC1CCNCC1)Nc1cncc(-c2cnc3[nH]nc(-c4cc5c(-c6ccncc6)cccc5[nH]4)c3c2)c1. The third kappa shape index (κ3) is 4.71. The summed E-state index contributed by atoms with van der Waals surface area (Å²) in [7, 11) is 0. The third-order valence-electron chi connectivity index (χ3n) is 7.62. The van der Waals surface area contributed by atoms with Gasteiger partial charge in [-0.1, -0.05) is 12.1 Å². The summed E-state index contributed by atoms with van der Waals surface area (Å²) in [5.74, 6) is 0.454. The molecule has 0 atom stereocenters. The van der Waals surface area contributed by atoms with E-state index in [1.807, 2.05) is 24.3 Å². The Kier molecular flexibility index (Phi) is 6.25. The van der Waals surface area contributed by atoms with Crippen LogP contribution in [-0.4, -0.2) is 49.1 Å². The number of piperidine rings is 1. The van der Waals surface area contributed by atoms with Gasteiger partial charge in [0.15, 0.2) is 5.65 Å². The van der Waals surface area contributed by atoms with Crippen LogP contribution >= 0.6 is 0 Å². The molecule has 9 heteroatoms. The molecular weight excluding hydrogens is 500 g/mol. The van der Waals surface area contributed by atoms with E-state index in [2.05, 4.69) is 65.0 Å². The van der Waals surface area contributed by atoms with Crippen molar-refractivity contribution in [2.45, 2.75) is 19.3 Å². The van der Waals surface area contributed by atoms with Crippen molar-refractivity contribution in [2.75, 3.05) is 18.4 Å². The maximum Gasteiger partial charge on any atom is 0.224 e. The maximum atomic E-state index is 12.7. The van der Waals surface area contributed by atoms with Gasteiger partial charge in [-0.2, -0.15) is 5.10 Å². The molecule has 6 heterocycles. The predicted octanol–water partition coefficient (Wildman–Crippen LogP) is 5.56. The third-order valence-corrected chi connectivity index (χ3v) is 7.62. The zero-order valence-electron chi connectivity index (χ0n) is 21.8. The van der Waals surface area contributed by atoms with E-state index in [0.717, 1.165) is 75.9 Å². The first-order valence-corrected chi connectivity index (χ1v) is 13.5. The molecule has 5 aromatic heterocycles. The molecule has 1 aliphatic rings. The zero-order valence-corrected chi connectivity index (χ0v) is 21.8. The summed E-state index contributed by atoms with van der Waals surface area (Å²) in [5, 5.41) is 16.1. The molecule has 7 rings (SSSR count). The molecule has 0 bridgehead atoms. The quantitative estimate of drug-likeness (QED) is 0.224. The summed E-state index contributed by atoms with van der Waals surface area (Å²) < 4.78 is 0. The molecule has 40 heavy (non-hydrogen) atoms. The number of carbonyl (C=O) groups excluding carboxylic acids is 1. The minimum Gasteiger partial charge on any atom is -0.353 e. The molecule has 4 N–H and O–H groups in total. The van der Waals surface area contributed by atoms with E-state index in [9.17, 15) is 4.79 Å². The van der Waals surface area contributed by atoms with Gasteiger partial charge in [0.1, 0.15) is 5.69 Å². The Morgan fingerprint density at radius 2 is 1.75 bits per heavy atom. The summed E-state index contributed by atoms with van der Waals surface area (Å²) >= 11 is 0. The molecule has 9 nitrogen and oxygen atoms in total. The highest BCUT2D eigenvalue weighted by atomic mass is 16.1. The lowest BCUT2D eigenvalue weighted by Gasteiger charge is -2.21. The largest absolute Gasteiger partial charge is 0.353 e. The maximum absolute atomic E-state index is 12.7. The number of hydrogen-bond donors (Lipinski definition) is 4. The van der Waals surface area contributed by atoms with Gasteiger partial charge in [0.2, 0.25) is 5.91 Å². The number of hydrogen-bond acceptors (Lipinski definition) is 6. The molecule has 198 valence electrons. The molecule has 0 saturated carbocycles. The molecule has 0 unspecified atom stereocenters. The van der Waals surface area contributed by atoms with Crippen molar-refractivity contribution in [3.05, 3.63) is 79.5 Å². The average Bonchev–Trinajstić information content (AvgIpc) is 3.62. The van der Waals surface area contributed by atoms with Gasteiger partial charge in [-0.25, -0.2) is 4.98 Å². The van der Waals surface area contributed by atoms with Crippen LogP contribution in [0.25, 0.3) is 55.6 Å². The Labute approximate surface area is 230 Å². The lowest BCUT2D eigenvalue weighted by molar-refractivity contribution is -0.117. The van der Waals surface area contributed by atoms with Crippen molar-refractivity contribution < 1.29 is 4.79 Å². The van der Waals surface area contributed by atoms with Crippen LogP contribution in [0.4, 0.5) is 5.69 Å². The number of carbonyl (C=O) groups is 1. The van der Waals surface area contributed by atoms with E-state index < -0.39 is 0 Å². The van der Waals surface area contributed by atoms with Crippen molar-refractivity contribution in [1.82, 2.24) is 35.5 Å². The van der Waals surface area contributed by atoms with Gasteiger partial charge in [-0.3, -0.25) is 19.9 Å². The highest BCUT2D eigenvalue weighted by molar-refractivity contribution is 6.01. The minimum atomic E-state index is 0.0292. The van der Waals surface area contributed by atoms with Gasteiger partial charge in [0, 0.05) is 58.6 Å². The molecule has 0 radical (unpaired) electrons. The fraction of sp³-hybridized carbons (Fsp3) is 0.194. The Bertz CT molecular complexity index is 1820. The van der Waals surface area contributed by atoms with E-state index >= 15 is 0 Å². The number of nitrogens with zero attached hydrogens (tertiary/aromatic N) is 4. The van der Waals surface area contributed by atoms with Gasteiger partial charge < -0.3 is 15.6 Å². The van der Waals surface area contributed by atoms with Gasteiger partial charge in [-0.15, -0.1) is 0 Å². The first kappa shape index (κ1) is 24.2. The lowest BCUT2D eigenvalue weighted by atomic mass is 9.94. The highest BCUT2D eigenvalue weighted by Crippen LogP contribution is 2.34.